The van der Waals surface area contributed by atoms with Gasteiger partial charge in [0, 0.05) is 0 Å². The molecule has 0 rings (SSSR count). The lowest BCUT2D eigenvalue weighted by molar-refractivity contribution is 0.384. The van der Waals surface area contributed by atoms with Crippen molar-refractivity contribution in [2.75, 3.05) is 0 Å². The van der Waals surface area contributed by atoms with E-state index in [0.29, 0.717) is 16.6 Å². The highest BCUT2D eigenvalue weighted by atomic mass is 28.4. The Labute approximate surface area is 153 Å². The van der Waals surface area contributed by atoms with E-state index in [1.54, 1.807) is 0 Å². The Bertz CT molecular complexity index is 358. The van der Waals surface area contributed by atoms with Crippen molar-refractivity contribution in [3.8, 4) is 0 Å². The molecule has 2 heteroatoms. The van der Waals surface area contributed by atoms with Crippen LogP contribution in [-0.4, -0.2) is 8.32 Å². The Balaban J connectivity index is 4.59. The molecular formula is C22H42OSi. The molecule has 0 aliphatic heterocycles. The van der Waals surface area contributed by atoms with Crippen LogP contribution in [0.5, 0.6) is 0 Å². The number of allylic oxidation sites excluding steroid dienone is 3. The maximum atomic E-state index is 6.70. The van der Waals surface area contributed by atoms with Gasteiger partial charge in [-0.2, -0.15) is 0 Å². The normalized spacial score (nSPS) is 13.0. The first-order valence-electron chi connectivity index (χ1n) is 9.95. The molecule has 0 spiro atoms. The highest BCUT2D eigenvalue weighted by Crippen LogP contribution is 2.43. The SMILES string of the molecule is C=CCCCCCCC/C=C(/C=C)O[Si](C(C)C)(C(C)C)C(C)C. The number of rotatable bonds is 14. The molecule has 0 aliphatic rings. The molecule has 0 aliphatic carbocycles. The molecule has 0 bridgehead atoms. The van der Waals surface area contributed by atoms with Gasteiger partial charge < -0.3 is 4.43 Å². The van der Waals surface area contributed by atoms with Gasteiger partial charge in [0.1, 0.15) is 0 Å². The zero-order valence-electron chi connectivity index (χ0n) is 17.2. The van der Waals surface area contributed by atoms with Gasteiger partial charge in [-0.25, -0.2) is 0 Å². The molecule has 0 unspecified atom stereocenters. The van der Waals surface area contributed by atoms with Crippen molar-refractivity contribution in [2.45, 2.75) is 103 Å². The summed E-state index contributed by atoms with van der Waals surface area (Å²) in [6.45, 7) is 21.7. The molecule has 0 aromatic carbocycles. The average Bonchev–Trinajstić information content (AvgIpc) is 2.51. The summed E-state index contributed by atoms with van der Waals surface area (Å²) >= 11 is 0. The van der Waals surface area contributed by atoms with E-state index in [1.807, 2.05) is 12.2 Å². The highest BCUT2D eigenvalue weighted by molar-refractivity contribution is 6.77. The molecule has 0 fully saturated rings. The molecule has 24 heavy (non-hydrogen) atoms. The molecule has 0 amide bonds. The van der Waals surface area contributed by atoms with Gasteiger partial charge in [0.05, 0.1) is 5.76 Å². The van der Waals surface area contributed by atoms with Crippen LogP contribution >= 0.6 is 0 Å². The molecule has 0 saturated carbocycles. The van der Waals surface area contributed by atoms with Gasteiger partial charge in [-0.1, -0.05) is 73.5 Å². The van der Waals surface area contributed by atoms with Gasteiger partial charge >= 0.3 is 0 Å². The third kappa shape index (κ3) is 7.42. The van der Waals surface area contributed by atoms with Crippen molar-refractivity contribution in [1.82, 2.24) is 0 Å². The third-order valence-electron chi connectivity index (χ3n) is 5.16. The van der Waals surface area contributed by atoms with E-state index in [0.717, 1.165) is 18.6 Å². The van der Waals surface area contributed by atoms with Crippen LogP contribution in [0.2, 0.25) is 16.6 Å². The summed E-state index contributed by atoms with van der Waals surface area (Å²) in [5, 5.41) is 0. The molecule has 0 N–H and O–H groups in total. The fraction of sp³-hybridized carbons (Fsp3) is 0.727. The minimum absolute atomic E-state index is 0.603. The maximum absolute atomic E-state index is 6.70. The van der Waals surface area contributed by atoms with E-state index in [2.05, 4.69) is 60.8 Å². The van der Waals surface area contributed by atoms with Crippen molar-refractivity contribution in [2.24, 2.45) is 0 Å². The van der Waals surface area contributed by atoms with E-state index < -0.39 is 8.32 Å². The minimum atomic E-state index is -1.85. The lowest BCUT2D eigenvalue weighted by Crippen LogP contribution is -2.47. The van der Waals surface area contributed by atoms with Crippen molar-refractivity contribution < 1.29 is 4.43 Å². The zero-order valence-corrected chi connectivity index (χ0v) is 18.2. The van der Waals surface area contributed by atoms with Gasteiger partial charge in [-0.15, -0.1) is 6.58 Å². The van der Waals surface area contributed by atoms with Crippen LogP contribution < -0.4 is 0 Å². The van der Waals surface area contributed by atoms with Crippen LogP contribution in [-0.2, 0) is 4.43 Å². The number of unbranched alkanes of at least 4 members (excludes halogenated alkanes) is 6. The number of hydrogen-bond acceptors (Lipinski definition) is 1. The summed E-state index contributed by atoms with van der Waals surface area (Å²) in [6, 6.07) is 0. The molecule has 0 heterocycles. The molecular weight excluding hydrogens is 308 g/mol. The highest BCUT2D eigenvalue weighted by Gasteiger charge is 2.47. The minimum Gasteiger partial charge on any atom is -0.543 e. The van der Waals surface area contributed by atoms with Crippen LogP contribution in [0.3, 0.4) is 0 Å². The summed E-state index contributed by atoms with van der Waals surface area (Å²) in [4.78, 5) is 0. The Morgan fingerprint density at radius 2 is 1.25 bits per heavy atom. The standard InChI is InChI=1S/C22H42OSi/c1-9-11-12-13-14-15-16-17-18-22(10-2)23-24(19(3)4,20(5)6)21(7)8/h9-10,18-21H,1-2,11-17H2,3-8H3/b22-18-. The molecule has 1 nitrogen and oxygen atoms in total. The summed E-state index contributed by atoms with van der Waals surface area (Å²) in [5.74, 6) is 1.02. The van der Waals surface area contributed by atoms with Crippen molar-refractivity contribution in [1.29, 1.82) is 0 Å². The average molecular weight is 351 g/mol. The van der Waals surface area contributed by atoms with E-state index in [4.69, 9.17) is 4.43 Å². The van der Waals surface area contributed by atoms with Gasteiger partial charge in [-0.3, -0.25) is 0 Å². The van der Waals surface area contributed by atoms with Crippen molar-refractivity contribution in [3.63, 3.8) is 0 Å². The molecule has 0 aromatic rings. The first-order valence-corrected chi connectivity index (χ1v) is 12.1. The molecule has 0 atom stereocenters. The predicted octanol–water partition coefficient (Wildman–Crippen LogP) is 8.17. The van der Waals surface area contributed by atoms with Crippen molar-refractivity contribution in [3.05, 3.63) is 37.1 Å². The molecule has 0 saturated heterocycles. The number of hydrogen-bond donors (Lipinski definition) is 0. The summed E-state index contributed by atoms with van der Waals surface area (Å²) in [5.41, 5.74) is 1.81. The van der Waals surface area contributed by atoms with E-state index in [9.17, 15) is 0 Å². The second-order valence-corrected chi connectivity index (χ2v) is 13.2. The summed E-state index contributed by atoms with van der Waals surface area (Å²) < 4.78 is 6.70. The fourth-order valence-electron chi connectivity index (χ4n) is 3.93. The Morgan fingerprint density at radius 3 is 1.67 bits per heavy atom. The van der Waals surface area contributed by atoms with Gasteiger partial charge in [-0.05, 0) is 54.5 Å². The zero-order chi connectivity index (χ0) is 18.6. The largest absolute Gasteiger partial charge is 0.543 e. The van der Waals surface area contributed by atoms with E-state index >= 15 is 0 Å². The van der Waals surface area contributed by atoms with E-state index in [1.165, 1.54) is 32.1 Å². The predicted molar refractivity (Wildman–Crippen MR) is 113 cm³/mol. The Hall–Kier alpha value is -0.763. The van der Waals surface area contributed by atoms with Crippen molar-refractivity contribution >= 4 is 8.32 Å². The van der Waals surface area contributed by atoms with Crippen LogP contribution in [0.25, 0.3) is 0 Å². The Kier molecular flexibility index (Phi) is 12.2. The van der Waals surface area contributed by atoms with Crippen LogP contribution in [0.4, 0.5) is 0 Å². The van der Waals surface area contributed by atoms with E-state index in [-0.39, 0.29) is 0 Å². The quantitative estimate of drug-likeness (QED) is 0.101. The smallest absolute Gasteiger partial charge is 0.258 e. The Morgan fingerprint density at radius 1 is 0.792 bits per heavy atom. The lowest BCUT2D eigenvalue weighted by Gasteiger charge is -2.42. The fourth-order valence-corrected chi connectivity index (χ4v) is 9.21. The topological polar surface area (TPSA) is 9.23 Å². The van der Waals surface area contributed by atoms with Crippen LogP contribution in [0, 0.1) is 0 Å². The van der Waals surface area contributed by atoms with Gasteiger partial charge in [0.2, 0.25) is 0 Å². The first kappa shape index (κ1) is 23.2. The van der Waals surface area contributed by atoms with Gasteiger partial charge in [0.15, 0.2) is 0 Å². The second kappa shape index (κ2) is 12.6. The summed E-state index contributed by atoms with van der Waals surface area (Å²) in [6.07, 6.45) is 14.9. The monoisotopic (exact) mass is 350 g/mol. The first-order chi connectivity index (χ1) is 11.3. The third-order valence-corrected chi connectivity index (χ3v) is 11.2. The van der Waals surface area contributed by atoms with Crippen LogP contribution in [0.15, 0.2) is 37.1 Å². The maximum Gasteiger partial charge on any atom is 0.258 e. The lowest BCUT2D eigenvalue weighted by atomic mass is 10.1. The summed E-state index contributed by atoms with van der Waals surface area (Å²) in [7, 11) is -1.85. The molecule has 0 radical (unpaired) electrons. The molecule has 0 aromatic heterocycles. The molecule has 140 valence electrons. The van der Waals surface area contributed by atoms with Gasteiger partial charge in [0.25, 0.3) is 8.32 Å². The second-order valence-electron chi connectivity index (χ2n) is 7.86. The van der Waals surface area contributed by atoms with Crippen LogP contribution in [0.1, 0.15) is 86.5 Å².